The second kappa shape index (κ2) is 3.65. The topological polar surface area (TPSA) is 0 Å². The van der Waals surface area contributed by atoms with Crippen LogP contribution < -0.4 is 0 Å². The van der Waals surface area contributed by atoms with Gasteiger partial charge in [-0.2, -0.15) is 0 Å². The number of benzene rings is 2. The maximum atomic E-state index is 12.7. The second-order valence-corrected chi connectivity index (χ2v) is 3.84. The second-order valence-electron chi connectivity index (χ2n) is 2.99. The predicted molar refractivity (Wildman–Crippen MR) is 56.6 cm³/mol. The summed E-state index contributed by atoms with van der Waals surface area (Å²) in [5.74, 6) is 0. The zero-order valence-electron chi connectivity index (χ0n) is 7.18. The first kappa shape index (κ1) is 9.59. The Balaban J connectivity index is 2.84. The van der Waals surface area contributed by atoms with Crippen LogP contribution in [0.25, 0.3) is 10.8 Å². The van der Waals surface area contributed by atoms with E-state index in [-0.39, 0.29) is 5.56 Å². The minimum atomic E-state index is -2.43. The van der Waals surface area contributed by atoms with E-state index >= 15 is 0 Å². The lowest BCUT2D eigenvalue weighted by Crippen LogP contribution is -1.87. The molecule has 0 spiro atoms. The van der Waals surface area contributed by atoms with E-state index in [0.29, 0.717) is 9.86 Å². The molecule has 0 fully saturated rings. The van der Waals surface area contributed by atoms with E-state index in [4.69, 9.17) is 0 Å². The number of hydrogen-bond acceptors (Lipinski definition) is 0. The summed E-state index contributed by atoms with van der Waals surface area (Å²) >= 11 is 3.28. The van der Waals surface area contributed by atoms with Gasteiger partial charge < -0.3 is 0 Å². The summed E-state index contributed by atoms with van der Waals surface area (Å²) in [6.07, 6.45) is -2.43. The van der Waals surface area contributed by atoms with Crippen molar-refractivity contribution in [3.63, 3.8) is 0 Å². The first-order chi connectivity index (χ1) is 6.70. The van der Waals surface area contributed by atoms with Crippen molar-refractivity contribution in [1.82, 2.24) is 0 Å². The summed E-state index contributed by atoms with van der Waals surface area (Å²) in [5.41, 5.74) is 0.0787. The molecule has 2 aromatic rings. The zero-order chi connectivity index (χ0) is 10.1. The van der Waals surface area contributed by atoms with Crippen molar-refractivity contribution in [1.29, 1.82) is 0 Å². The van der Waals surface area contributed by atoms with E-state index in [1.54, 1.807) is 12.1 Å². The van der Waals surface area contributed by atoms with Crippen LogP contribution in [0.15, 0.2) is 40.9 Å². The molecule has 0 saturated carbocycles. The van der Waals surface area contributed by atoms with Crippen LogP contribution in [0.1, 0.15) is 12.0 Å². The van der Waals surface area contributed by atoms with E-state index in [1.165, 1.54) is 6.07 Å². The van der Waals surface area contributed by atoms with Gasteiger partial charge in [-0.15, -0.1) is 0 Å². The van der Waals surface area contributed by atoms with Crippen molar-refractivity contribution in [2.75, 3.05) is 0 Å². The van der Waals surface area contributed by atoms with E-state index < -0.39 is 6.43 Å². The van der Waals surface area contributed by atoms with Crippen molar-refractivity contribution in [2.24, 2.45) is 0 Å². The zero-order valence-corrected chi connectivity index (χ0v) is 8.76. The van der Waals surface area contributed by atoms with E-state index in [2.05, 4.69) is 15.9 Å². The van der Waals surface area contributed by atoms with Gasteiger partial charge in [0.2, 0.25) is 0 Å². The Labute approximate surface area is 88.7 Å². The molecular weight excluding hydrogens is 250 g/mol. The largest absolute Gasteiger partial charge is 0.264 e. The first-order valence-electron chi connectivity index (χ1n) is 4.15. The lowest BCUT2D eigenvalue weighted by molar-refractivity contribution is 0.153. The van der Waals surface area contributed by atoms with Crippen molar-refractivity contribution >= 4 is 26.7 Å². The summed E-state index contributed by atoms with van der Waals surface area (Å²) < 4.78 is 26.0. The molecule has 0 aromatic heterocycles. The molecular formula is C11H7BrF2. The van der Waals surface area contributed by atoms with Crippen LogP contribution >= 0.6 is 15.9 Å². The van der Waals surface area contributed by atoms with Gasteiger partial charge in [0.15, 0.2) is 0 Å². The average Bonchev–Trinajstić information content (AvgIpc) is 2.17. The molecule has 0 amide bonds. The van der Waals surface area contributed by atoms with Crippen molar-refractivity contribution in [3.05, 3.63) is 46.4 Å². The van der Waals surface area contributed by atoms with Crippen LogP contribution in [0.2, 0.25) is 0 Å². The van der Waals surface area contributed by atoms with Crippen molar-refractivity contribution < 1.29 is 8.78 Å². The first-order valence-corrected chi connectivity index (χ1v) is 4.95. The van der Waals surface area contributed by atoms with Crippen LogP contribution in [0.3, 0.4) is 0 Å². The normalized spacial score (nSPS) is 11.1. The van der Waals surface area contributed by atoms with Crippen LogP contribution in [-0.4, -0.2) is 0 Å². The Bertz CT molecular complexity index is 461. The van der Waals surface area contributed by atoms with Crippen LogP contribution in [-0.2, 0) is 0 Å². The molecule has 0 unspecified atom stereocenters. The molecule has 3 heteroatoms. The van der Waals surface area contributed by atoms with Crippen LogP contribution in [0.4, 0.5) is 8.78 Å². The van der Waals surface area contributed by atoms with Gasteiger partial charge in [0, 0.05) is 15.4 Å². The van der Waals surface area contributed by atoms with Gasteiger partial charge in [-0.1, -0.05) is 46.3 Å². The Morgan fingerprint density at radius 2 is 1.64 bits per heavy atom. The maximum absolute atomic E-state index is 12.7. The Kier molecular flexibility index (Phi) is 2.50. The smallest absolute Gasteiger partial charge is 0.205 e. The number of halogens is 3. The fraction of sp³-hybridized carbons (Fsp3) is 0.0909. The van der Waals surface area contributed by atoms with Crippen LogP contribution in [0.5, 0.6) is 0 Å². The molecule has 0 aliphatic rings. The molecule has 0 saturated heterocycles. The highest BCUT2D eigenvalue weighted by molar-refractivity contribution is 9.10. The minimum absolute atomic E-state index is 0.0787. The molecule has 2 rings (SSSR count). The van der Waals surface area contributed by atoms with Crippen molar-refractivity contribution in [3.8, 4) is 0 Å². The van der Waals surface area contributed by atoms with E-state index in [1.807, 2.05) is 18.2 Å². The molecule has 0 nitrogen and oxygen atoms in total. The van der Waals surface area contributed by atoms with Gasteiger partial charge in [-0.3, -0.25) is 0 Å². The molecule has 0 heterocycles. The van der Waals surface area contributed by atoms with Crippen LogP contribution in [0, 0.1) is 0 Å². The number of alkyl halides is 2. The number of hydrogen-bond donors (Lipinski definition) is 0. The van der Waals surface area contributed by atoms with Gasteiger partial charge in [-0.25, -0.2) is 8.78 Å². The molecule has 2 aromatic carbocycles. The predicted octanol–water partition coefficient (Wildman–Crippen LogP) is 4.54. The molecule has 0 bridgehead atoms. The molecule has 0 aliphatic carbocycles. The molecule has 0 N–H and O–H groups in total. The minimum Gasteiger partial charge on any atom is -0.205 e. The number of fused-ring (bicyclic) bond motifs is 1. The summed E-state index contributed by atoms with van der Waals surface area (Å²) in [6.45, 7) is 0. The number of rotatable bonds is 1. The third-order valence-corrected chi connectivity index (χ3v) is 2.78. The molecule has 0 aliphatic heterocycles. The quantitative estimate of drug-likeness (QED) is 0.703. The Morgan fingerprint density at radius 1 is 1.00 bits per heavy atom. The van der Waals surface area contributed by atoms with E-state index in [0.717, 1.165) is 5.39 Å². The van der Waals surface area contributed by atoms with Gasteiger partial charge in [0.1, 0.15) is 0 Å². The van der Waals surface area contributed by atoms with Gasteiger partial charge in [-0.05, 0) is 11.5 Å². The fourth-order valence-corrected chi connectivity index (χ4v) is 2.12. The van der Waals surface area contributed by atoms with E-state index in [9.17, 15) is 8.78 Å². The monoisotopic (exact) mass is 256 g/mol. The maximum Gasteiger partial charge on any atom is 0.264 e. The average molecular weight is 257 g/mol. The third-order valence-electron chi connectivity index (χ3n) is 2.12. The lowest BCUT2D eigenvalue weighted by atomic mass is 10.1. The summed E-state index contributed by atoms with van der Waals surface area (Å²) in [4.78, 5) is 0. The summed E-state index contributed by atoms with van der Waals surface area (Å²) in [7, 11) is 0. The Morgan fingerprint density at radius 3 is 2.29 bits per heavy atom. The standard InChI is InChI=1S/C11H7BrF2/c12-9-6-2-4-7-3-1-5-8(10(7)9)11(13)14/h1-6,11H. The van der Waals surface area contributed by atoms with Gasteiger partial charge in [0.05, 0.1) is 0 Å². The third kappa shape index (κ3) is 1.52. The highest BCUT2D eigenvalue weighted by Gasteiger charge is 2.12. The summed E-state index contributed by atoms with van der Waals surface area (Å²) in [5, 5.41) is 1.43. The molecule has 0 atom stereocenters. The SMILES string of the molecule is FC(F)c1cccc2cccc(Br)c12. The molecule has 14 heavy (non-hydrogen) atoms. The van der Waals surface area contributed by atoms with Crippen molar-refractivity contribution in [2.45, 2.75) is 6.43 Å². The summed E-state index contributed by atoms with van der Waals surface area (Å²) in [6, 6.07) is 10.4. The van der Waals surface area contributed by atoms with Gasteiger partial charge in [0.25, 0.3) is 6.43 Å². The highest BCUT2D eigenvalue weighted by atomic mass is 79.9. The molecule has 0 radical (unpaired) electrons. The molecule has 72 valence electrons. The highest BCUT2D eigenvalue weighted by Crippen LogP contribution is 2.32. The lowest BCUT2D eigenvalue weighted by Gasteiger charge is -2.06. The van der Waals surface area contributed by atoms with Gasteiger partial charge >= 0.3 is 0 Å². The Hall–Kier alpha value is -0.960. The fourth-order valence-electron chi connectivity index (χ4n) is 1.50.